The quantitative estimate of drug-likeness (QED) is 0.785. The van der Waals surface area contributed by atoms with Crippen molar-refractivity contribution in [2.45, 2.75) is 64.1 Å². The maximum atomic E-state index is 3.62. The average Bonchev–Trinajstić information content (AvgIpc) is 2.77. The van der Waals surface area contributed by atoms with E-state index in [2.05, 4.69) is 24.1 Å². The van der Waals surface area contributed by atoms with E-state index in [1.807, 2.05) is 0 Å². The molecule has 1 N–H and O–H groups in total. The Morgan fingerprint density at radius 1 is 1.19 bits per heavy atom. The Bertz CT molecular complexity index is 251. The van der Waals surface area contributed by atoms with Crippen molar-refractivity contribution in [2.24, 2.45) is 11.8 Å². The summed E-state index contributed by atoms with van der Waals surface area (Å²) >= 11 is 0. The third kappa shape index (κ3) is 1.91. The summed E-state index contributed by atoms with van der Waals surface area (Å²) in [5, 5.41) is 3.62. The van der Waals surface area contributed by atoms with E-state index >= 15 is 0 Å². The van der Waals surface area contributed by atoms with Crippen molar-refractivity contribution in [3.8, 4) is 0 Å². The van der Waals surface area contributed by atoms with Crippen molar-refractivity contribution < 1.29 is 0 Å². The highest BCUT2D eigenvalue weighted by Crippen LogP contribution is 2.44. The minimum atomic E-state index is 0.649. The number of fused-ring (bicyclic) bond motifs is 2. The molecule has 0 amide bonds. The van der Waals surface area contributed by atoms with E-state index in [-0.39, 0.29) is 0 Å². The number of hydrogen-bond donors (Lipinski definition) is 1. The molecule has 3 rings (SSSR count). The molecular weight excluding hydrogens is 196 g/mol. The largest absolute Gasteiger partial charge is 0.314 e. The molecule has 2 saturated carbocycles. The summed E-state index contributed by atoms with van der Waals surface area (Å²) in [5.74, 6) is 2.01. The van der Waals surface area contributed by atoms with Crippen LogP contribution in [0.4, 0.5) is 0 Å². The van der Waals surface area contributed by atoms with Gasteiger partial charge in [-0.3, -0.25) is 4.90 Å². The Kier molecular flexibility index (Phi) is 2.97. The summed E-state index contributed by atoms with van der Waals surface area (Å²) in [4.78, 5) is 2.87. The van der Waals surface area contributed by atoms with Gasteiger partial charge in [0.1, 0.15) is 0 Å². The van der Waals surface area contributed by atoms with Gasteiger partial charge < -0.3 is 5.32 Å². The number of likely N-dealkylation sites (tertiary alicyclic amines) is 1. The van der Waals surface area contributed by atoms with Gasteiger partial charge >= 0.3 is 0 Å². The maximum Gasteiger partial charge on any atom is 0.0139 e. The molecule has 2 nitrogen and oxygen atoms in total. The van der Waals surface area contributed by atoms with Gasteiger partial charge in [-0.15, -0.1) is 0 Å². The number of rotatable bonds is 4. The molecular formula is C14H26N2. The summed E-state index contributed by atoms with van der Waals surface area (Å²) < 4.78 is 0. The summed E-state index contributed by atoms with van der Waals surface area (Å²) in [6.45, 7) is 7.18. The van der Waals surface area contributed by atoms with Crippen molar-refractivity contribution in [2.75, 3.05) is 13.1 Å². The van der Waals surface area contributed by atoms with Gasteiger partial charge in [0.2, 0.25) is 0 Å². The van der Waals surface area contributed by atoms with E-state index in [0.29, 0.717) is 6.04 Å². The fraction of sp³-hybridized carbons (Fsp3) is 1.00. The molecule has 1 aliphatic heterocycles. The molecule has 4 unspecified atom stereocenters. The summed E-state index contributed by atoms with van der Waals surface area (Å²) in [6, 6.07) is 2.55. The number of nitrogens with one attached hydrogen (secondary N) is 1. The topological polar surface area (TPSA) is 15.3 Å². The number of piperidine rings is 1. The average molecular weight is 222 g/mol. The molecule has 0 spiro atoms. The van der Waals surface area contributed by atoms with E-state index in [0.717, 1.165) is 23.9 Å². The molecule has 0 aromatic rings. The van der Waals surface area contributed by atoms with Crippen LogP contribution < -0.4 is 5.32 Å². The summed E-state index contributed by atoms with van der Waals surface area (Å²) in [7, 11) is 0. The molecule has 92 valence electrons. The highest BCUT2D eigenvalue weighted by molar-refractivity contribution is 5.00. The van der Waals surface area contributed by atoms with E-state index in [1.165, 1.54) is 45.2 Å². The number of nitrogens with zero attached hydrogens (tertiary/aromatic N) is 1. The van der Waals surface area contributed by atoms with Gasteiger partial charge in [-0.2, -0.15) is 0 Å². The van der Waals surface area contributed by atoms with Crippen molar-refractivity contribution in [3.63, 3.8) is 0 Å². The van der Waals surface area contributed by atoms with Crippen LogP contribution in [0.25, 0.3) is 0 Å². The Morgan fingerprint density at radius 3 is 2.56 bits per heavy atom. The van der Waals surface area contributed by atoms with Gasteiger partial charge in [-0.05, 0) is 50.5 Å². The van der Waals surface area contributed by atoms with Crippen LogP contribution >= 0.6 is 0 Å². The fourth-order valence-electron chi connectivity index (χ4n) is 3.98. The SMILES string of the molecule is CC(C)NCC1CCC1N1CC2CCC1C2. The van der Waals surface area contributed by atoms with Gasteiger partial charge in [0.15, 0.2) is 0 Å². The van der Waals surface area contributed by atoms with Crippen LogP contribution in [0.1, 0.15) is 46.0 Å². The predicted octanol–water partition coefficient (Wildman–Crippen LogP) is 2.25. The van der Waals surface area contributed by atoms with Gasteiger partial charge in [0.25, 0.3) is 0 Å². The molecule has 2 heteroatoms. The lowest BCUT2D eigenvalue weighted by Gasteiger charge is -2.46. The standard InChI is InChI=1S/C14H26N2/c1-10(2)15-8-12-4-6-14(12)16-9-11-3-5-13(16)7-11/h10-15H,3-9H2,1-2H3. The van der Waals surface area contributed by atoms with Gasteiger partial charge in [0.05, 0.1) is 0 Å². The molecule has 0 aromatic carbocycles. The zero-order chi connectivity index (χ0) is 11.1. The Morgan fingerprint density at radius 2 is 2.06 bits per heavy atom. The van der Waals surface area contributed by atoms with Gasteiger partial charge in [0, 0.05) is 24.7 Å². The minimum absolute atomic E-state index is 0.649. The first-order valence-electron chi connectivity index (χ1n) is 7.23. The molecule has 2 bridgehead atoms. The smallest absolute Gasteiger partial charge is 0.0139 e. The molecule has 1 saturated heterocycles. The Balaban J connectivity index is 1.52. The minimum Gasteiger partial charge on any atom is -0.314 e. The Hall–Kier alpha value is -0.0800. The lowest BCUT2D eigenvalue weighted by atomic mass is 9.77. The third-order valence-electron chi connectivity index (χ3n) is 5.04. The van der Waals surface area contributed by atoms with Gasteiger partial charge in [-0.25, -0.2) is 0 Å². The second-order valence-electron chi connectivity index (χ2n) is 6.50. The van der Waals surface area contributed by atoms with Crippen LogP contribution in [-0.4, -0.2) is 36.1 Å². The zero-order valence-corrected chi connectivity index (χ0v) is 10.8. The van der Waals surface area contributed by atoms with E-state index in [4.69, 9.17) is 0 Å². The van der Waals surface area contributed by atoms with Crippen molar-refractivity contribution >= 4 is 0 Å². The van der Waals surface area contributed by atoms with Crippen molar-refractivity contribution in [3.05, 3.63) is 0 Å². The summed E-state index contributed by atoms with van der Waals surface area (Å²) in [6.07, 6.45) is 7.45. The highest BCUT2D eigenvalue weighted by Gasteiger charge is 2.45. The first-order valence-corrected chi connectivity index (χ1v) is 7.23. The zero-order valence-electron chi connectivity index (χ0n) is 10.8. The second-order valence-corrected chi connectivity index (χ2v) is 6.50. The molecule has 3 aliphatic rings. The lowest BCUT2D eigenvalue weighted by molar-refractivity contribution is 0.0369. The van der Waals surface area contributed by atoms with E-state index in [9.17, 15) is 0 Å². The molecule has 0 radical (unpaired) electrons. The fourth-order valence-corrected chi connectivity index (χ4v) is 3.98. The first kappa shape index (κ1) is 11.0. The normalized spacial score (nSPS) is 42.9. The second kappa shape index (κ2) is 4.30. The van der Waals surface area contributed by atoms with E-state index in [1.54, 1.807) is 0 Å². The highest BCUT2D eigenvalue weighted by atomic mass is 15.2. The molecule has 1 heterocycles. The maximum absolute atomic E-state index is 3.62. The van der Waals surface area contributed by atoms with Crippen molar-refractivity contribution in [1.82, 2.24) is 10.2 Å². The predicted molar refractivity (Wildman–Crippen MR) is 67.5 cm³/mol. The third-order valence-corrected chi connectivity index (χ3v) is 5.04. The van der Waals surface area contributed by atoms with Crippen LogP contribution in [0.3, 0.4) is 0 Å². The molecule has 2 aliphatic carbocycles. The van der Waals surface area contributed by atoms with Crippen LogP contribution in [0.5, 0.6) is 0 Å². The number of hydrogen-bond acceptors (Lipinski definition) is 2. The molecule has 0 aromatic heterocycles. The summed E-state index contributed by atoms with van der Waals surface area (Å²) in [5.41, 5.74) is 0. The van der Waals surface area contributed by atoms with Crippen molar-refractivity contribution in [1.29, 1.82) is 0 Å². The van der Waals surface area contributed by atoms with Crippen LogP contribution in [0, 0.1) is 11.8 Å². The van der Waals surface area contributed by atoms with Gasteiger partial charge in [-0.1, -0.05) is 13.8 Å². The Labute approximate surface area is 99.8 Å². The molecule has 3 fully saturated rings. The molecule has 4 atom stereocenters. The first-order chi connectivity index (χ1) is 7.74. The monoisotopic (exact) mass is 222 g/mol. The van der Waals surface area contributed by atoms with Crippen LogP contribution in [0.2, 0.25) is 0 Å². The van der Waals surface area contributed by atoms with E-state index < -0.39 is 0 Å². The van der Waals surface area contributed by atoms with Crippen LogP contribution in [-0.2, 0) is 0 Å². The van der Waals surface area contributed by atoms with Crippen LogP contribution in [0.15, 0.2) is 0 Å². The molecule has 16 heavy (non-hydrogen) atoms. The lowest BCUT2D eigenvalue weighted by Crippen LogP contribution is -2.53.